The number of esters is 1. The molecule has 1 N–H and O–H groups in total. The Morgan fingerprint density at radius 2 is 2.12 bits per heavy atom. The van der Waals surface area contributed by atoms with Crippen molar-refractivity contribution in [3.05, 3.63) is 41.0 Å². The Kier molecular flexibility index (Phi) is 4.76. The van der Waals surface area contributed by atoms with Crippen LogP contribution in [0, 0.1) is 13.8 Å². The Labute approximate surface area is 102 Å². The molecule has 0 heterocycles. The Morgan fingerprint density at radius 1 is 1.41 bits per heavy atom. The van der Waals surface area contributed by atoms with E-state index in [0.717, 1.165) is 5.69 Å². The summed E-state index contributed by atoms with van der Waals surface area (Å²) in [6, 6.07) is 6.23. The first kappa shape index (κ1) is 13.3. The summed E-state index contributed by atoms with van der Waals surface area (Å²) < 4.78 is 4.62. The summed E-state index contributed by atoms with van der Waals surface area (Å²) in [7, 11) is 1.39. The summed E-state index contributed by atoms with van der Waals surface area (Å²) in [4.78, 5) is 11.1. The zero-order valence-corrected chi connectivity index (χ0v) is 10.8. The van der Waals surface area contributed by atoms with Gasteiger partial charge in [-0.2, -0.15) is 0 Å². The highest BCUT2D eigenvalue weighted by molar-refractivity contribution is 5.87. The fraction of sp³-hybridized carbons (Fsp3) is 0.357. The van der Waals surface area contributed by atoms with Crippen molar-refractivity contribution in [1.29, 1.82) is 0 Å². The largest absolute Gasteiger partial charge is 0.466 e. The average molecular weight is 233 g/mol. The third kappa shape index (κ3) is 3.94. The molecule has 1 aromatic carbocycles. The number of nitrogens with one attached hydrogen (secondary N) is 1. The van der Waals surface area contributed by atoms with Gasteiger partial charge in [0.2, 0.25) is 0 Å². The zero-order valence-electron chi connectivity index (χ0n) is 10.8. The van der Waals surface area contributed by atoms with Crippen LogP contribution < -0.4 is 5.32 Å². The van der Waals surface area contributed by atoms with E-state index in [1.54, 1.807) is 6.92 Å². The molecule has 0 saturated heterocycles. The third-order valence-electron chi connectivity index (χ3n) is 2.59. The van der Waals surface area contributed by atoms with Crippen LogP contribution in [0.1, 0.15) is 18.1 Å². The van der Waals surface area contributed by atoms with Crippen LogP contribution in [0.4, 0.5) is 5.69 Å². The maximum Gasteiger partial charge on any atom is 0.333 e. The van der Waals surface area contributed by atoms with E-state index in [1.165, 1.54) is 18.2 Å². The maximum absolute atomic E-state index is 11.1. The molecule has 0 saturated carbocycles. The van der Waals surface area contributed by atoms with Gasteiger partial charge in [-0.15, -0.1) is 0 Å². The van der Waals surface area contributed by atoms with Crippen LogP contribution in [0.2, 0.25) is 0 Å². The minimum Gasteiger partial charge on any atom is -0.466 e. The van der Waals surface area contributed by atoms with Gasteiger partial charge in [0.15, 0.2) is 0 Å². The fourth-order valence-corrected chi connectivity index (χ4v) is 1.57. The number of hydrogen-bond donors (Lipinski definition) is 1. The lowest BCUT2D eigenvalue weighted by molar-refractivity contribution is -0.136. The lowest BCUT2D eigenvalue weighted by atomic mass is 10.1. The normalized spacial score (nSPS) is 11.2. The molecule has 0 radical (unpaired) electrons. The van der Waals surface area contributed by atoms with Crippen molar-refractivity contribution in [3.63, 3.8) is 0 Å². The molecule has 3 heteroatoms. The molecular weight excluding hydrogens is 214 g/mol. The van der Waals surface area contributed by atoms with E-state index in [0.29, 0.717) is 12.1 Å². The van der Waals surface area contributed by atoms with Crippen molar-refractivity contribution in [2.45, 2.75) is 20.8 Å². The molecule has 0 aliphatic heterocycles. The minimum atomic E-state index is -0.285. The van der Waals surface area contributed by atoms with Crippen molar-refractivity contribution < 1.29 is 9.53 Å². The van der Waals surface area contributed by atoms with E-state index in [1.807, 2.05) is 12.1 Å². The summed E-state index contributed by atoms with van der Waals surface area (Å²) >= 11 is 0. The molecule has 1 rings (SSSR count). The Hall–Kier alpha value is -1.77. The molecule has 0 unspecified atom stereocenters. The first-order valence-corrected chi connectivity index (χ1v) is 5.61. The number of ether oxygens (including phenoxy) is 1. The third-order valence-corrected chi connectivity index (χ3v) is 2.59. The van der Waals surface area contributed by atoms with Crippen LogP contribution in [-0.2, 0) is 9.53 Å². The molecule has 0 atom stereocenters. The Morgan fingerprint density at radius 3 is 2.71 bits per heavy atom. The van der Waals surface area contributed by atoms with E-state index in [-0.39, 0.29) is 5.97 Å². The van der Waals surface area contributed by atoms with Gasteiger partial charge in [-0.25, -0.2) is 4.79 Å². The second kappa shape index (κ2) is 6.09. The zero-order chi connectivity index (χ0) is 12.8. The van der Waals surface area contributed by atoms with Crippen LogP contribution >= 0.6 is 0 Å². The van der Waals surface area contributed by atoms with Gasteiger partial charge in [-0.05, 0) is 32.4 Å². The summed E-state index contributed by atoms with van der Waals surface area (Å²) in [6.07, 6.45) is 1.82. The van der Waals surface area contributed by atoms with E-state index < -0.39 is 0 Å². The average Bonchev–Trinajstić information content (AvgIpc) is 2.30. The first-order valence-electron chi connectivity index (χ1n) is 5.61. The molecule has 0 aliphatic rings. The molecule has 0 fully saturated rings. The predicted octanol–water partition coefficient (Wildman–Crippen LogP) is 2.83. The highest BCUT2D eigenvalue weighted by atomic mass is 16.5. The number of carbonyl (C=O) groups is 1. The molecule has 92 valence electrons. The first-order chi connectivity index (χ1) is 8.04. The van der Waals surface area contributed by atoms with Gasteiger partial charge in [-0.3, -0.25) is 0 Å². The van der Waals surface area contributed by atoms with E-state index in [2.05, 4.69) is 36.0 Å². The van der Waals surface area contributed by atoms with Crippen molar-refractivity contribution >= 4 is 11.7 Å². The predicted molar refractivity (Wildman–Crippen MR) is 70.2 cm³/mol. The van der Waals surface area contributed by atoms with Gasteiger partial charge in [0.25, 0.3) is 0 Å². The van der Waals surface area contributed by atoms with Gasteiger partial charge in [0.1, 0.15) is 0 Å². The molecule has 17 heavy (non-hydrogen) atoms. The number of anilines is 1. The van der Waals surface area contributed by atoms with E-state index >= 15 is 0 Å². The number of rotatable bonds is 4. The number of carbonyl (C=O) groups excluding carboxylic acids is 1. The number of aryl methyl sites for hydroxylation is 2. The second-order valence-electron chi connectivity index (χ2n) is 4.08. The monoisotopic (exact) mass is 233 g/mol. The van der Waals surface area contributed by atoms with Gasteiger partial charge < -0.3 is 10.1 Å². The second-order valence-corrected chi connectivity index (χ2v) is 4.08. The van der Waals surface area contributed by atoms with Gasteiger partial charge in [0.05, 0.1) is 7.11 Å². The molecule has 0 amide bonds. The minimum absolute atomic E-state index is 0.285. The van der Waals surface area contributed by atoms with Crippen molar-refractivity contribution in [1.82, 2.24) is 0 Å². The quantitative estimate of drug-likeness (QED) is 0.642. The standard InChI is InChI=1S/C14H19NO2/c1-10-5-6-13(12(3)9-10)15-8-7-11(2)14(16)17-4/h5-7,9,15H,8H2,1-4H3/b11-7+. The number of methoxy groups -OCH3 is 1. The van der Waals surface area contributed by atoms with Crippen LogP contribution in [0.3, 0.4) is 0 Å². The summed E-state index contributed by atoms with van der Waals surface area (Å²) in [5, 5.41) is 3.27. The van der Waals surface area contributed by atoms with Gasteiger partial charge in [0, 0.05) is 17.8 Å². The van der Waals surface area contributed by atoms with Gasteiger partial charge >= 0.3 is 5.97 Å². The van der Waals surface area contributed by atoms with Crippen molar-refractivity contribution in [2.75, 3.05) is 19.0 Å². The molecule has 0 bridgehead atoms. The van der Waals surface area contributed by atoms with Crippen LogP contribution in [-0.4, -0.2) is 19.6 Å². The van der Waals surface area contributed by atoms with Crippen molar-refractivity contribution in [3.8, 4) is 0 Å². The lowest BCUT2D eigenvalue weighted by Crippen LogP contribution is -2.06. The summed E-state index contributed by atoms with van der Waals surface area (Å²) in [5.74, 6) is -0.285. The SMILES string of the molecule is COC(=O)/C(C)=C/CNc1ccc(C)cc1C. The highest BCUT2D eigenvalue weighted by Gasteiger charge is 2.02. The van der Waals surface area contributed by atoms with Crippen LogP contribution in [0.5, 0.6) is 0 Å². The maximum atomic E-state index is 11.1. The van der Waals surface area contributed by atoms with E-state index in [4.69, 9.17) is 0 Å². The molecule has 3 nitrogen and oxygen atoms in total. The van der Waals surface area contributed by atoms with Crippen LogP contribution in [0.15, 0.2) is 29.8 Å². The Bertz CT molecular complexity index is 436. The van der Waals surface area contributed by atoms with Crippen LogP contribution in [0.25, 0.3) is 0 Å². The summed E-state index contributed by atoms with van der Waals surface area (Å²) in [6.45, 7) is 6.49. The van der Waals surface area contributed by atoms with Crippen molar-refractivity contribution in [2.24, 2.45) is 0 Å². The Balaban J connectivity index is 2.59. The fourth-order valence-electron chi connectivity index (χ4n) is 1.57. The lowest BCUT2D eigenvalue weighted by Gasteiger charge is -2.08. The molecular formula is C14H19NO2. The molecule has 0 spiro atoms. The number of benzene rings is 1. The number of hydrogen-bond acceptors (Lipinski definition) is 3. The topological polar surface area (TPSA) is 38.3 Å². The van der Waals surface area contributed by atoms with E-state index in [9.17, 15) is 4.79 Å². The molecule has 0 aliphatic carbocycles. The molecule has 0 aromatic heterocycles. The molecule has 1 aromatic rings. The smallest absolute Gasteiger partial charge is 0.333 e. The highest BCUT2D eigenvalue weighted by Crippen LogP contribution is 2.15. The van der Waals surface area contributed by atoms with Gasteiger partial charge in [-0.1, -0.05) is 23.8 Å². The summed E-state index contributed by atoms with van der Waals surface area (Å²) in [5.41, 5.74) is 4.15.